The second-order valence-corrected chi connectivity index (χ2v) is 6.94. The van der Waals surface area contributed by atoms with Gasteiger partial charge in [0.25, 0.3) is 10.2 Å². The second kappa shape index (κ2) is 7.04. The highest BCUT2D eigenvalue weighted by molar-refractivity contribution is 7.87. The van der Waals surface area contributed by atoms with Crippen LogP contribution in [0.1, 0.15) is 12.2 Å². The molecule has 0 aliphatic rings. The fraction of sp³-hybridized carbons (Fsp3) is 0.429. The number of para-hydroxylation sites is 1. The summed E-state index contributed by atoms with van der Waals surface area (Å²) in [5.74, 6) is 0.189. The highest BCUT2D eigenvalue weighted by Crippen LogP contribution is 2.18. The SMILES string of the molecule is CN(CCC#N)S(=O)(=O)NCCc1nc2c(F)cccc2n1C. The summed E-state index contributed by atoms with van der Waals surface area (Å²) in [4.78, 5) is 4.22. The van der Waals surface area contributed by atoms with Crippen LogP contribution in [0.5, 0.6) is 0 Å². The van der Waals surface area contributed by atoms with Gasteiger partial charge in [0.2, 0.25) is 0 Å². The molecule has 0 saturated carbocycles. The van der Waals surface area contributed by atoms with Gasteiger partial charge in [0, 0.05) is 40.0 Å². The standard InChI is InChI=1S/C14H18FN5O2S/c1-19(10-4-8-16)23(21,22)17-9-7-13-18-14-11(15)5-3-6-12(14)20(13)2/h3,5-6,17H,4,7,9-10H2,1-2H3. The Morgan fingerprint density at radius 1 is 1.48 bits per heavy atom. The number of rotatable bonds is 7. The Morgan fingerprint density at radius 2 is 2.22 bits per heavy atom. The molecule has 0 saturated heterocycles. The third-order valence-electron chi connectivity index (χ3n) is 3.54. The van der Waals surface area contributed by atoms with Gasteiger partial charge in [0.1, 0.15) is 11.3 Å². The number of hydrogen-bond donors (Lipinski definition) is 1. The Balaban J connectivity index is 2.03. The van der Waals surface area contributed by atoms with E-state index < -0.39 is 16.0 Å². The van der Waals surface area contributed by atoms with E-state index in [9.17, 15) is 12.8 Å². The molecule has 0 unspecified atom stereocenters. The molecule has 1 heterocycles. The molecule has 0 amide bonds. The van der Waals surface area contributed by atoms with Gasteiger partial charge in [-0.1, -0.05) is 6.07 Å². The summed E-state index contributed by atoms with van der Waals surface area (Å²) < 4.78 is 42.9. The van der Waals surface area contributed by atoms with Crippen LogP contribution in [0.2, 0.25) is 0 Å². The topological polar surface area (TPSA) is 91.0 Å². The normalized spacial score (nSPS) is 12.0. The molecule has 1 aromatic carbocycles. The first-order valence-corrected chi connectivity index (χ1v) is 8.48. The molecule has 9 heteroatoms. The maximum absolute atomic E-state index is 13.7. The smallest absolute Gasteiger partial charge is 0.279 e. The Morgan fingerprint density at radius 3 is 2.87 bits per heavy atom. The summed E-state index contributed by atoms with van der Waals surface area (Å²) in [7, 11) is -0.464. The van der Waals surface area contributed by atoms with Crippen molar-refractivity contribution in [2.45, 2.75) is 12.8 Å². The lowest BCUT2D eigenvalue weighted by Gasteiger charge is -2.16. The van der Waals surface area contributed by atoms with Crippen LogP contribution in [-0.4, -0.2) is 42.4 Å². The fourth-order valence-corrected chi connectivity index (χ4v) is 3.09. The van der Waals surface area contributed by atoms with Crippen molar-refractivity contribution in [1.82, 2.24) is 18.6 Å². The van der Waals surface area contributed by atoms with Crippen molar-refractivity contribution in [3.05, 3.63) is 29.8 Å². The van der Waals surface area contributed by atoms with Crippen molar-refractivity contribution in [3.8, 4) is 6.07 Å². The first kappa shape index (κ1) is 17.3. The van der Waals surface area contributed by atoms with Crippen molar-refractivity contribution in [2.75, 3.05) is 20.1 Å². The van der Waals surface area contributed by atoms with Crippen LogP contribution in [0.15, 0.2) is 18.2 Å². The van der Waals surface area contributed by atoms with E-state index in [2.05, 4.69) is 9.71 Å². The summed E-state index contributed by atoms with van der Waals surface area (Å²) in [6.45, 7) is 0.265. The van der Waals surface area contributed by atoms with Crippen LogP contribution in [0.25, 0.3) is 11.0 Å². The Bertz CT molecular complexity index is 841. The zero-order chi connectivity index (χ0) is 17.0. The summed E-state index contributed by atoms with van der Waals surface area (Å²) in [6.07, 6.45) is 0.456. The lowest BCUT2D eigenvalue weighted by molar-refractivity contribution is 0.464. The molecule has 124 valence electrons. The quantitative estimate of drug-likeness (QED) is 0.812. The van der Waals surface area contributed by atoms with Gasteiger partial charge >= 0.3 is 0 Å². The number of halogens is 1. The van der Waals surface area contributed by atoms with Crippen LogP contribution < -0.4 is 4.72 Å². The van der Waals surface area contributed by atoms with Gasteiger partial charge in [-0.05, 0) is 12.1 Å². The Kier molecular flexibility index (Phi) is 5.30. The first-order valence-electron chi connectivity index (χ1n) is 7.04. The maximum Gasteiger partial charge on any atom is 0.279 e. The van der Waals surface area contributed by atoms with E-state index in [0.717, 1.165) is 4.31 Å². The minimum atomic E-state index is -3.63. The van der Waals surface area contributed by atoms with E-state index >= 15 is 0 Å². The molecular formula is C14H18FN5O2S. The third kappa shape index (κ3) is 3.85. The van der Waals surface area contributed by atoms with E-state index in [1.807, 2.05) is 6.07 Å². The van der Waals surface area contributed by atoms with E-state index in [0.29, 0.717) is 17.8 Å². The number of aromatic nitrogens is 2. The van der Waals surface area contributed by atoms with Crippen LogP contribution in [-0.2, 0) is 23.7 Å². The molecule has 2 aromatic rings. The monoisotopic (exact) mass is 339 g/mol. The molecule has 0 radical (unpaired) electrons. The minimum absolute atomic E-state index is 0.126. The van der Waals surface area contributed by atoms with E-state index in [4.69, 9.17) is 5.26 Å². The summed E-state index contributed by atoms with van der Waals surface area (Å²) in [6, 6.07) is 6.60. The summed E-state index contributed by atoms with van der Waals surface area (Å²) >= 11 is 0. The molecule has 1 N–H and O–H groups in total. The van der Waals surface area contributed by atoms with Gasteiger partial charge in [-0.2, -0.15) is 18.0 Å². The Labute approximate surface area is 134 Å². The number of nitriles is 1. The Hall–Kier alpha value is -2.02. The molecule has 1 aromatic heterocycles. The van der Waals surface area contributed by atoms with Crippen molar-refractivity contribution in [3.63, 3.8) is 0 Å². The van der Waals surface area contributed by atoms with Gasteiger partial charge in [-0.15, -0.1) is 0 Å². The van der Waals surface area contributed by atoms with E-state index in [1.54, 1.807) is 23.7 Å². The van der Waals surface area contributed by atoms with Crippen molar-refractivity contribution in [2.24, 2.45) is 7.05 Å². The number of imidazole rings is 1. The number of benzene rings is 1. The molecule has 0 spiro atoms. The predicted octanol–water partition coefficient (Wildman–Crippen LogP) is 0.935. The number of aryl methyl sites for hydroxylation is 1. The van der Waals surface area contributed by atoms with Gasteiger partial charge in [0.05, 0.1) is 11.6 Å². The molecule has 2 rings (SSSR count). The molecular weight excluding hydrogens is 321 g/mol. The van der Waals surface area contributed by atoms with E-state index in [-0.39, 0.29) is 25.0 Å². The molecule has 0 aliphatic carbocycles. The van der Waals surface area contributed by atoms with Gasteiger partial charge in [-0.3, -0.25) is 0 Å². The lowest BCUT2D eigenvalue weighted by Crippen LogP contribution is -2.39. The van der Waals surface area contributed by atoms with Crippen molar-refractivity contribution >= 4 is 21.2 Å². The highest BCUT2D eigenvalue weighted by Gasteiger charge is 2.17. The molecule has 0 bridgehead atoms. The zero-order valence-corrected chi connectivity index (χ0v) is 13.8. The average Bonchev–Trinajstić information content (AvgIpc) is 2.83. The number of nitrogens with one attached hydrogen (secondary N) is 1. The lowest BCUT2D eigenvalue weighted by atomic mass is 10.3. The van der Waals surface area contributed by atoms with E-state index in [1.165, 1.54) is 13.1 Å². The number of hydrogen-bond acceptors (Lipinski definition) is 4. The van der Waals surface area contributed by atoms with Gasteiger partial charge < -0.3 is 4.57 Å². The van der Waals surface area contributed by atoms with Crippen LogP contribution >= 0.6 is 0 Å². The van der Waals surface area contributed by atoms with Gasteiger partial charge in [0.15, 0.2) is 5.82 Å². The van der Waals surface area contributed by atoms with Crippen molar-refractivity contribution in [1.29, 1.82) is 5.26 Å². The zero-order valence-electron chi connectivity index (χ0n) is 13.0. The van der Waals surface area contributed by atoms with Crippen LogP contribution in [0.3, 0.4) is 0 Å². The molecule has 23 heavy (non-hydrogen) atoms. The predicted molar refractivity (Wildman–Crippen MR) is 84.2 cm³/mol. The molecule has 7 nitrogen and oxygen atoms in total. The largest absolute Gasteiger partial charge is 0.331 e. The van der Waals surface area contributed by atoms with Gasteiger partial charge in [-0.25, -0.2) is 14.1 Å². The average molecular weight is 339 g/mol. The van der Waals surface area contributed by atoms with Crippen LogP contribution in [0, 0.1) is 17.1 Å². The second-order valence-electron chi connectivity index (χ2n) is 5.07. The van der Waals surface area contributed by atoms with Crippen molar-refractivity contribution < 1.29 is 12.8 Å². The summed E-state index contributed by atoms with van der Waals surface area (Å²) in [5.41, 5.74) is 0.938. The fourth-order valence-electron chi connectivity index (χ4n) is 2.18. The third-order valence-corrected chi connectivity index (χ3v) is 5.11. The maximum atomic E-state index is 13.7. The summed E-state index contributed by atoms with van der Waals surface area (Å²) in [5, 5.41) is 8.49. The highest BCUT2D eigenvalue weighted by atomic mass is 32.2. The first-order chi connectivity index (χ1) is 10.9. The number of fused-ring (bicyclic) bond motifs is 1. The van der Waals surface area contributed by atoms with Crippen LogP contribution in [0.4, 0.5) is 4.39 Å². The molecule has 0 atom stereocenters. The molecule has 0 aliphatic heterocycles. The number of nitrogens with zero attached hydrogens (tertiary/aromatic N) is 4. The molecule has 0 fully saturated rings. The minimum Gasteiger partial charge on any atom is -0.331 e.